The Labute approximate surface area is 79.2 Å². The van der Waals surface area contributed by atoms with Gasteiger partial charge >= 0.3 is 4.87 Å². The van der Waals surface area contributed by atoms with Crippen LogP contribution >= 0.6 is 11.3 Å². The predicted octanol–water partition coefficient (Wildman–Crippen LogP) is 1.86. The van der Waals surface area contributed by atoms with Gasteiger partial charge in [-0.15, -0.1) is 0 Å². The molecule has 0 saturated heterocycles. The van der Waals surface area contributed by atoms with Gasteiger partial charge in [-0.1, -0.05) is 11.3 Å². The lowest BCUT2D eigenvalue weighted by atomic mass is 10.4. The lowest BCUT2D eigenvalue weighted by Crippen LogP contribution is -2.11. The maximum absolute atomic E-state index is 11.2. The Kier molecular flexibility index (Phi) is 2.06. The van der Waals surface area contributed by atoms with Gasteiger partial charge in [0.25, 0.3) is 0 Å². The first-order valence-corrected chi connectivity index (χ1v) is 4.83. The summed E-state index contributed by atoms with van der Waals surface area (Å²) in [7, 11) is 0. The van der Waals surface area contributed by atoms with E-state index in [2.05, 4.69) is 0 Å². The van der Waals surface area contributed by atoms with Crippen LogP contribution in [-0.4, -0.2) is 4.57 Å². The van der Waals surface area contributed by atoms with E-state index in [4.69, 9.17) is 4.42 Å². The fourth-order valence-corrected chi connectivity index (χ4v) is 1.73. The molecule has 0 fully saturated rings. The summed E-state index contributed by atoms with van der Waals surface area (Å²) in [5, 5.41) is 1.78. The summed E-state index contributed by atoms with van der Waals surface area (Å²) in [5.41, 5.74) is 0. The number of thiazole rings is 1. The van der Waals surface area contributed by atoms with Crippen LogP contribution in [0.15, 0.2) is 32.9 Å². The number of hydrogen-bond acceptors (Lipinski definition) is 3. The molecule has 2 aromatic rings. The van der Waals surface area contributed by atoms with Gasteiger partial charge in [-0.3, -0.25) is 9.36 Å². The van der Waals surface area contributed by atoms with Crippen LogP contribution in [0.2, 0.25) is 0 Å². The molecule has 3 nitrogen and oxygen atoms in total. The first-order valence-electron chi connectivity index (χ1n) is 3.95. The monoisotopic (exact) mass is 195 g/mol. The summed E-state index contributed by atoms with van der Waals surface area (Å²) in [6.07, 6.45) is 1.77. The Morgan fingerprint density at radius 3 is 2.92 bits per heavy atom. The molecule has 0 amide bonds. The van der Waals surface area contributed by atoms with E-state index < -0.39 is 0 Å². The average Bonchev–Trinajstić information content (AvgIpc) is 2.64. The van der Waals surface area contributed by atoms with Crippen molar-refractivity contribution in [2.75, 3.05) is 0 Å². The molecule has 0 aromatic carbocycles. The largest absolute Gasteiger partial charge is 0.464 e. The van der Waals surface area contributed by atoms with E-state index in [1.165, 1.54) is 11.3 Å². The van der Waals surface area contributed by atoms with Crippen molar-refractivity contribution in [2.45, 2.75) is 13.5 Å². The molecule has 13 heavy (non-hydrogen) atoms. The summed E-state index contributed by atoms with van der Waals surface area (Å²) in [6, 6.07) is 3.78. The maximum atomic E-state index is 11.2. The quantitative estimate of drug-likeness (QED) is 0.733. The van der Waals surface area contributed by atoms with Crippen molar-refractivity contribution in [3.05, 3.63) is 44.9 Å². The Bertz CT molecular complexity index is 452. The van der Waals surface area contributed by atoms with E-state index in [1.807, 2.05) is 19.1 Å². The SMILES string of the molecule is Cc1ccc(Cn2ccsc2=O)o1. The van der Waals surface area contributed by atoms with Crippen LogP contribution in [0.3, 0.4) is 0 Å². The third-order valence-corrected chi connectivity index (χ3v) is 2.46. The minimum atomic E-state index is 0.0500. The van der Waals surface area contributed by atoms with Gasteiger partial charge in [-0.05, 0) is 19.1 Å². The smallest absolute Gasteiger partial charge is 0.307 e. The molecule has 0 unspecified atom stereocenters. The second-order valence-corrected chi connectivity index (χ2v) is 3.67. The summed E-state index contributed by atoms with van der Waals surface area (Å²) in [5.74, 6) is 1.69. The van der Waals surface area contributed by atoms with Crippen molar-refractivity contribution in [1.29, 1.82) is 0 Å². The van der Waals surface area contributed by atoms with Crippen LogP contribution in [0.4, 0.5) is 0 Å². The molecule has 2 heterocycles. The Morgan fingerprint density at radius 2 is 2.38 bits per heavy atom. The number of aromatic nitrogens is 1. The van der Waals surface area contributed by atoms with Crippen LogP contribution in [0.1, 0.15) is 11.5 Å². The molecule has 0 aliphatic carbocycles. The number of nitrogens with zero attached hydrogens (tertiary/aromatic N) is 1. The molecule has 2 aromatic heterocycles. The molecular weight excluding hydrogens is 186 g/mol. The summed E-state index contributed by atoms with van der Waals surface area (Å²) < 4.78 is 6.98. The molecule has 0 aliphatic heterocycles. The molecule has 0 bridgehead atoms. The Hall–Kier alpha value is -1.29. The third kappa shape index (κ3) is 1.72. The van der Waals surface area contributed by atoms with E-state index in [-0.39, 0.29) is 4.87 Å². The van der Waals surface area contributed by atoms with Gasteiger partial charge < -0.3 is 4.42 Å². The van der Waals surface area contributed by atoms with Crippen molar-refractivity contribution in [1.82, 2.24) is 4.57 Å². The Morgan fingerprint density at radius 1 is 1.54 bits per heavy atom. The standard InChI is InChI=1S/C9H9NO2S/c1-7-2-3-8(12-7)6-10-4-5-13-9(10)11/h2-5H,6H2,1H3. The van der Waals surface area contributed by atoms with Gasteiger partial charge in [0.15, 0.2) is 0 Å². The van der Waals surface area contributed by atoms with Crippen molar-refractivity contribution < 1.29 is 4.42 Å². The van der Waals surface area contributed by atoms with Crippen molar-refractivity contribution >= 4 is 11.3 Å². The molecule has 0 N–H and O–H groups in total. The highest BCUT2D eigenvalue weighted by Gasteiger charge is 2.01. The van der Waals surface area contributed by atoms with Crippen LogP contribution in [0, 0.1) is 6.92 Å². The van der Waals surface area contributed by atoms with Crippen LogP contribution < -0.4 is 4.87 Å². The molecule has 0 spiro atoms. The number of rotatable bonds is 2. The lowest BCUT2D eigenvalue weighted by molar-refractivity contribution is 0.469. The van der Waals surface area contributed by atoms with E-state index in [1.54, 1.807) is 16.1 Å². The van der Waals surface area contributed by atoms with Crippen molar-refractivity contribution in [3.63, 3.8) is 0 Å². The van der Waals surface area contributed by atoms with Crippen LogP contribution in [0.5, 0.6) is 0 Å². The molecule has 4 heteroatoms. The Balaban J connectivity index is 2.24. The lowest BCUT2D eigenvalue weighted by Gasteiger charge is -1.95. The molecule has 0 saturated carbocycles. The minimum Gasteiger partial charge on any atom is -0.464 e. The van der Waals surface area contributed by atoms with Gasteiger partial charge in [-0.25, -0.2) is 0 Å². The van der Waals surface area contributed by atoms with E-state index >= 15 is 0 Å². The number of hydrogen-bond donors (Lipinski definition) is 0. The zero-order valence-corrected chi connectivity index (χ0v) is 8.00. The van der Waals surface area contributed by atoms with Gasteiger partial charge in [0.2, 0.25) is 0 Å². The highest BCUT2D eigenvalue weighted by molar-refractivity contribution is 7.07. The molecule has 0 radical (unpaired) electrons. The van der Waals surface area contributed by atoms with Gasteiger partial charge in [0, 0.05) is 11.6 Å². The predicted molar refractivity (Wildman–Crippen MR) is 51.1 cm³/mol. The van der Waals surface area contributed by atoms with E-state index in [0.717, 1.165) is 11.5 Å². The zero-order chi connectivity index (χ0) is 9.26. The molecule has 0 aliphatic rings. The topological polar surface area (TPSA) is 35.1 Å². The summed E-state index contributed by atoms with van der Waals surface area (Å²) in [4.78, 5) is 11.2. The molecule has 2 rings (SSSR count). The van der Waals surface area contributed by atoms with E-state index in [9.17, 15) is 4.79 Å². The van der Waals surface area contributed by atoms with Crippen molar-refractivity contribution in [3.8, 4) is 0 Å². The van der Waals surface area contributed by atoms with Crippen molar-refractivity contribution in [2.24, 2.45) is 0 Å². The van der Waals surface area contributed by atoms with Gasteiger partial charge in [0.1, 0.15) is 11.5 Å². The highest BCUT2D eigenvalue weighted by Crippen LogP contribution is 2.07. The molecule has 68 valence electrons. The summed E-state index contributed by atoms with van der Waals surface area (Å²) in [6.45, 7) is 2.41. The average molecular weight is 195 g/mol. The second-order valence-electron chi connectivity index (χ2n) is 2.81. The van der Waals surface area contributed by atoms with Gasteiger partial charge in [-0.2, -0.15) is 0 Å². The summed E-state index contributed by atoms with van der Waals surface area (Å²) >= 11 is 1.20. The van der Waals surface area contributed by atoms with Crippen LogP contribution in [-0.2, 0) is 6.54 Å². The zero-order valence-electron chi connectivity index (χ0n) is 7.19. The normalized spacial score (nSPS) is 10.5. The fourth-order valence-electron chi connectivity index (χ4n) is 1.15. The number of furan rings is 1. The highest BCUT2D eigenvalue weighted by atomic mass is 32.1. The molecule has 0 atom stereocenters. The second kappa shape index (κ2) is 3.22. The number of aryl methyl sites for hydroxylation is 1. The molecular formula is C9H9NO2S. The van der Waals surface area contributed by atoms with Gasteiger partial charge in [0.05, 0.1) is 6.54 Å². The van der Waals surface area contributed by atoms with Crippen LogP contribution in [0.25, 0.3) is 0 Å². The minimum absolute atomic E-state index is 0.0500. The fraction of sp³-hybridized carbons (Fsp3) is 0.222. The third-order valence-electron chi connectivity index (χ3n) is 1.77. The first kappa shape index (κ1) is 8.31. The maximum Gasteiger partial charge on any atom is 0.307 e. The van der Waals surface area contributed by atoms with E-state index in [0.29, 0.717) is 6.54 Å². The first-order chi connectivity index (χ1) is 6.25.